The summed E-state index contributed by atoms with van der Waals surface area (Å²) in [5, 5.41) is 0. The van der Waals surface area contributed by atoms with Crippen molar-refractivity contribution in [2.24, 2.45) is 0 Å². The maximum Gasteiger partial charge on any atom is 0.288 e. The van der Waals surface area contributed by atoms with Gasteiger partial charge >= 0.3 is 0 Å². The fraction of sp³-hybridized carbons (Fsp3) is 0.250. The highest BCUT2D eigenvalue weighted by Crippen LogP contribution is 2.35. The summed E-state index contributed by atoms with van der Waals surface area (Å²) >= 11 is 1.93. The molecule has 70 valence electrons. The van der Waals surface area contributed by atoms with Crippen LogP contribution in [0.2, 0.25) is 0 Å². The Hall–Kier alpha value is -0.390. The van der Waals surface area contributed by atoms with E-state index in [1.54, 1.807) is 0 Å². The largest absolute Gasteiger partial charge is 0.387 e. The maximum atomic E-state index is 11.1. The van der Waals surface area contributed by atoms with E-state index >= 15 is 0 Å². The van der Waals surface area contributed by atoms with Gasteiger partial charge in [0, 0.05) is 11.6 Å². The Labute approximate surface area is 87.4 Å². The Bertz CT molecular complexity index is 369. The molecule has 0 saturated heterocycles. The number of para-hydroxylation sites is 1. The zero-order valence-corrected chi connectivity index (χ0v) is 9.31. The molecule has 5 heteroatoms. The number of hydrogen-bond acceptors (Lipinski definition) is 2. The smallest absolute Gasteiger partial charge is 0.288 e. The molecule has 3 nitrogen and oxygen atoms in total. The standard InChI is InChI=1S/C8H8BrNO2S/c1-5-6-3-2-4-7(9)8(6)12-13(11)10-5/h2-5,10H,1H3. The summed E-state index contributed by atoms with van der Waals surface area (Å²) in [5.41, 5.74) is 1.02. The second-order valence-corrected chi connectivity index (χ2v) is 4.54. The van der Waals surface area contributed by atoms with Gasteiger partial charge < -0.3 is 4.18 Å². The van der Waals surface area contributed by atoms with Gasteiger partial charge in [-0.2, -0.15) is 8.93 Å². The molecule has 1 aliphatic rings. The molecular formula is C8H8BrNO2S. The topological polar surface area (TPSA) is 38.3 Å². The van der Waals surface area contributed by atoms with Gasteiger partial charge in [-0.05, 0) is 28.9 Å². The van der Waals surface area contributed by atoms with Gasteiger partial charge in [0.15, 0.2) is 5.75 Å². The molecule has 0 aromatic heterocycles. The zero-order chi connectivity index (χ0) is 9.42. The van der Waals surface area contributed by atoms with Crippen molar-refractivity contribution in [2.75, 3.05) is 0 Å². The van der Waals surface area contributed by atoms with E-state index in [0.717, 1.165) is 10.0 Å². The van der Waals surface area contributed by atoms with E-state index in [4.69, 9.17) is 4.18 Å². The normalized spacial score (nSPS) is 26.3. The van der Waals surface area contributed by atoms with Gasteiger partial charge in [0.2, 0.25) is 0 Å². The molecule has 0 amide bonds. The first-order valence-electron chi connectivity index (χ1n) is 3.83. The average Bonchev–Trinajstić information content (AvgIpc) is 2.07. The number of hydrogen-bond donors (Lipinski definition) is 1. The predicted octanol–water partition coefficient (Wildman–Crippen LogP) is 2.07. The van der Waals surface area contributed by atoms with Crippen LogP contribution in [0.15, 0.2) is 22.7 Å². The number of nitrogens with one attached hydrogen (secondary N) is 1. The molecule has 1 aromatic rings. The van der Waals surface area contributed by atoms with Gasteiger partial charge in [0.05, 0.1) is 4.47 Å². The fourth-order valence-electron chi connectivity index (χ4n) is 1.26. The molecule has 2 unspecified atom stereocenters. The Kier molecular flexibility index (Phi) is 2.40. The molecule has 1 heterocycles. The van der Waals surface area contributed by atoms with Crippen molar-refractivity contribution in [3.63, 3.8) is 0 Å². The Morgan fingerprint density at radius 3 is 3.15 bits per heavy atom. The Morgan fingerprint density at radius 1 is 1.62 bits per heavy atom. The van der Waals surface area contributed by atoms with E-state index < -0.39 is 11.3 Å². The van der Waals surface area contributed by atoms with Gasteiger partial charge in [-0.3, -0.25) is 0 Å². The third kappa shape index (κ3) is 1.63. The Balaban J connectivity index is 2.54. The second-order valence-electron chi connectivity index (χ2n) is 2.82. The third-order valence-electron chi connectivity index (χ3n) is 1.90. The first kappa shape index (κ1) is 9.18. The highest BCUT2D eigenvalue weighted by Gasteiger charge is 2.23. The SMILES string of the molecule is CC1NS(=O)Oc2c(Br)cccc21. The highest BCUT2D eigenvalue weighted by atomic mass is 79.9. The lowest BCUT2D eigenvalue weighted by atomic mass is 10.1. The summed E-state index contributed by atoms with van der Waals surface area (Å²) in [7, 11) is 0. The minimum Gasteiger partial charge on any atom is -0.387 e. The van der Waals surface area contributed by atoms with Gasteiger partial charge in [-0.25, -0.2) is 0 Å². The number of halogens is 1. The number of benzene rings is 1. The van der Waals surface area contributed by atoms with Crippen molar-refractivity contribution in [2.45, 2.75) is 13.0 Å². The van der Waals surface area contributed by atoms with Crippen LogP contribution in [0.4, 0.5) is 0 Å². The van der Waals surface area contributed by atoms with E-state index in [1.807, 2.05) is 25.1 Å². The number of fused-ring (bicyclic) bond motifs is 1. The number of rotatable bonds is 0. The van der Waals surface area contributed by atoms with Gasteiger partial charge in [0.25, 0.3) is 11.3 Å². The van der Waals surface area contributed by atoms with E-state index in [2.05, 4.69) is 20.7 Å². The van der Waals surface area contributed by atoms with Gasteiger partial charge in [-0.15, -0.1) is 0 Å². The summed E-state index contributed by atoms with van der Waals surface area (Å²) < 4.78 is 19.9. The summed E-state index contributed by atoms with van der Waals surface area (Å²) in [6, 6.07) is 5.81. The van der Waals surface area contributed by atoms with E-state index in [0.29, 0.717) is 5.75 Å². The zero-order valence-electron chi connectivity index (χ0n) is 6.91. The lowest BCUT2D eigenvalue weighted by Gasteiger charge is -2.23. The molecular weight excluding hydrogens is 254 g/mol. The predicted molar refractivity (Wildman–Crippen MR) is 54.5 cm³/mol. The van der Waals surface area contributed by atoms with Crippen molar-refractivity contribution < 1.29 is 8.39 Å². The van der Waals surface area contributed by atoms with Gasteiger partial charge in [-0.1, -0.05) is 12.1 Å². The van der Waals surface area contributed by atoms with Gasteiger partial charge in [0.1, 0.15) is 0 Å². The second kappa shape index (κ2) is 3.40. The molecule has 0 saturated carbocycles. The van der Waals surface area contributed by atoms with Crippen LogP contribution < -0.4 is 8.91 Å². The molecule has 0 aliphatic carbocycles. The van der Waals surface area contributed by atoms with Crippen LogP contribution in [0.5, 0.6) is 5.75 Å². The van der Waals surface area contributed by atoms with Crippen LogP contribution in [-0.4, -0.2) is 4.21 Å². The molecule has 0 fully saturated rings. The molecule has 1 aliphatic heterocycles. The summed E-state index contributed by atoms with van der Waals surface area (Å²) in [6.07, 6.45) is 0. The van der Waals surface area contributed by atoms with E-state index in [1.165, 1.54) is 0 Å². The maximum absolute atomic E-state index is 11.1. The molecule has 13 heavy (non-hydrogen) atoms. The van der Waals surface area contributed by atoms with Crippen molar-refractivity contribution in [1.82, 2.24) is 4.72 Å². The van der Waals surface area contributed by atoms with E-state index in [-0.39, 0.29) is 6.04 Å². The van der Waals surface area contributed by atoms with Crippen molar-refractivity contribution in [3.8, 4) is 5.75 Å². The van der Waals surface area contributed by atoms with Crippen LogP contribution >= 0.6 is 15.9 Å². The third-order valence-corrected chi connectivity index (χ3v) is 3.38. The molecule has 0 radical (unpaired) electrons. The van der Waals surface area contributed by atoms with E-state index in [9.17, 15) is 4.21 Å². The monoisotopic (exact) mass is 261 g/mol. The lowest BCUT2D eigenvalue weighted by Crippen LogP contribution is -2.30. The minimum absolute atomic E-state index is 0.0575. The summed E-state index contributed by atoms with van der Waals surface area (Å²) in [5.74, 6) is 0.673. The van der Waals surface area contributed by atoms with Crippen LogP contribution in [0.3, 0.4) is 0 Å². The van der Waals surface area contributed by atoms with Crippen molar-refractivity contribution >= 4 is 27.2 Å². The molecule has 1 N–H and O–H groups in total. The molecule has 0 bridgehead atoms. The molecule has 0 spiro atoms. The first-order valence-corrected chi connectivity index (χ1v) is 5.70. The summed E-state index contributed by atoms with van der Waals surface area (Å²) in [6.45, 7) is 1.95. The van der Waals surface area contributed by atoms with Crippen LogP contribution in [0.1, 0.15) is 18.5 Å². The van der Waals surface area contributed by atoms with Crippen molar-refractivity contribution in [1.29, 1.82) is 0 Å². The average molecular weight is 262 g/mol. The molecule has 2 rings (SSSR count). The minimum atomic E-state index is -1.42. The Morgan fingerprint density at radius 2 is 2.38 bits per heavy atom. The molecule has 2 atom stereocenters. The first-order chi connectivity index (χ1) is 6.18. The summed E-state index contributed by atoms with van der Waals surface area (Å²) in [4.78, 5) is 0. The van der Waals surface area contributed by atoms with Crippen LogP contribution in [0.25, 0.3) is 0 Å². The lowest BCUT2D eigenvalue weighted by molar-refractivity contribution is 0.497. The van der Waals surface area contributed by atoms with Crippen LogP contribution in [-0.2, 0) is 11.3 Å². The molecule has 1 aromatic carbocycles. The highest BCUT2D eigenvalue weighted by molar-refractivity contribution is 9.10. The van der Waals surface area contributed by atoms with Crippen molar-refractivity contribution in [3.05, 3.63) is 28.2 Å². The van der Waals surface area contributed by atoms with Crippen LogP contribution in [0, 0.1) is 0 Å². The fourth-order valence-corrected chi connectivity index (χ4v) is 2.63. The quantitative estimate of drug-likeness (QED) is 0.777.